The average molecular weight is 296 g/mol. The SMILES string of the molecule is CCOC1(C(NC)c2ccc(C)c(Cl)c2)CCCCC1. The van der Waals surface area contributed by atoms with Crippen LogP contribution in [0.2, 0.25) is 5.02 Å². The quantitative estimate of drug-likeness (QED) is 0.854. The van der Waals surface area contributed by atoms with Crippen molar-refractivity contribution in [2.45, 2.75) is 57.6 Å². The van der Waals surface area contributed by atoms with Crippen molar-refractivity contribution in [3.8, 4) is 0 Å². The van der Waals surface area contributed by atoms with E-state index in [1.165, 1.54) is 24.8 Å². The van der Waals surface area contributed by atoms with Crippen molar-refractivity contribution in [2.75, 3.05) is 13.7 Å². The van der Waals surface area contributed by atoms with Crippen molar-refractivity contribution >= 4 is 11.6 Å². The topological polar surface area (TPSA) is 21.3 Å². The molecule has 0 bridgehead atoms. The van der Waals surface area contributed by atoms with Crippen molar-refractivity contribution in [3.63, 3.8) is 0 Å². The van der Waals surface area contributed by atoms with E-state index in [0.29, 0.717) is 0 Å². The molecule has 1 saturated carbocycles. The zero-order valence-electron chi connectivity index (χ0n) is 12.8. The molecule has 3 heteroatoms. The van der Waals surface area contributed by atoms with Crippen molar-refractivity contribution in [3.05, 3.63) is 34.3 Å². The van der Waals surface area contributed by atoms with Crippen LogP contribution in [0.4, 0.5) is 0 Å². The van der Waals surface area contributed by atoms with Crippen LogP contribution in [0.5, 0.6) is 0 Å². The maximum absolute atomic E-state index is 6.31. The summed E-state index contributed by atoms with van der Waals surface area (Å²) in [5.74, 6) is 0. The highest BCUT2D eigenvalue weighted by Gasteiger charge is 2.40. The molecule has 0 aliphatic heterocycles. The van der Waals surface area contributed by atoms with Crippen LogP contribution in [-0.2, 0) is 4.74 Å². The first-order valence-electron chi connectivity index (χ1n) is 7.70. The fraction of sp³-hybridized carbons (Fsp3) is 0.647. The fourth-order valence-electron chi connectivity index (χ4n) is 3.48. The molecule has 0 spiro atoms. The fourth-order valence-corrected chi connectivity index (χ4v) is 3.67. The Morgan fingerprint density at radius 1 is 1.30 bits per heavy atom. The lowest BCUT2D eigenvalue weighted by Gasteiger charge is -2.43. The Bertz CT molecular complexity index is 435. The molecular formula is C17H26ClNO. The predicted molar refractivity (Wildman–Crippen MR) is 85.4 cm³/mol. The van der Waals surface area contributed by atoms with E-state index < -0.39 is 0 Å². The van der Waals surface area contributed by atoms with Crippen LogP contribution in [-0.4, -0.2) is 19.3 Å². The molecule has 2 nitrogen and oxygen atoms in total. The van der Waals surface area contributed by atoms with Gasteiger partial charge in [-0.3, -0.25) is 0 Å². The number of benzene rings is 1. The van der Waals surface area contributed by atoms with E-state index >= 15 is 0 Å². The van der Waals surface area contributed by atoms with Gasteiger partial charge in [-0.15, -0.1) is 0 Å². The lowest BCUT2D eigenvalue weighted by molar-refractivity contribution is -0.0898. The number of likely N-dealkylation sites (N-methyl/N-ethyl adjacent to an activating group) is 1. The minimum Gasteiger partial charge on any atom is -0.373 e. The number of aryl methyl sites for hydroxylation is 1. The molecule has 1 atom stereocenters. The summed E-state index contributed by atoms with van der Waals surface area (Å²) in [7, 11) is 2.02. The van der Waals surface area contributed by atoms with Crippen LogP contribution in [0.1, 0.15) is 56.2 Å². The second-order valence-electron chi connectivity index (χ2n) is 5.79. The third kappa shape index (κ3) is 3.19. The molecule has 1 aromatic rings. The largest absolute Gasteiger partial charge is 0.373 e. The second-order valence-corrected chi connectivity index (χ2v) is 6.20. The zero-order chi connectivity index (χ0) is 14.6. The highest BCUT2D eigenvalue weighted by atomic mass is 35.5. The maximum Gasteiger partial charge on any atom is 0.0876 e. The maximum atomic E-state index is 6.31. The smallest absolute Gasteiger partial charge is 0.0876 e. The molecule has 0 amide bonds. The van der Waals surface area contributed by atoms with Gasteiger partial charge in [-0.25, -0.2) is 0 Å². The summed E-state index contributed by atoms with van der Waals surface area (Å²) < 4.78 is 6.24. The first-order chi connectivity index (χ1) is 9.63. The van der Waals surface area contributed by atoms with Gasteiger partial charge in [0.15, 0.2) is 0 Å². The summed E-state index contributed by atoms with van der Waals surface area (Å²) in [6, 6.07) is 6.58. The van der Waals surface area contributed by atoms with E-state index in [1.54, 1.807) is 0 Å². The molecule has 1 unspecified atom stereocenters. The molecule has 2 rings (SSSR count). The van der Waals surface area contributed by atoms with Gasteiger partial charge in [-0.2, -0.15) is 0 Å². The van der Waals surface area contributed by atoms with Crippen molar-refractivity contribution in [1.82, 2.24) is 5.32 Å². The van der Waals surface area contributed by atoms with Gasteiger partial charge in [0.05, 0.1) is 11.6 Å². The monoisotopic (exact) mass is 295 g/mol. The molecule has 1 fully saturated rings. The standard InChI is InChI=1S/C17H26ClNO/c1-4-20-17(10-6-5-7-11-17)16(19-3)14-9-8-13(2)15(18)12-14/h8-9,12,16,19H,4-7,10-11H2,1-3H3. The van der Waals surface area contributed by atoms with Gasteiger partial charge >= 0.3 is 0 Å². The molecule has 0 saturated heterocycles. The molecule has 0 aromatic heterocycles. The summed E-state index contributed by atoms with van der Waals surface area (Å²) >= 11 is 6.31. The van der Waals surface area contributed by atoms with E-state index in [0.717, 1.165) is 30.0 Å². The van der Waals surface area contributed by atoms with Crippen LogP contribution in [0.3, 0.4) is 0 Å². The Hall–Kier alpha value is -0.570. The number of hydrogen-bond acceptors (Lipinski definition) is 2. The Labute approximate surface area is 127 Å². The number of hydrogen-bond donors (Lipinski definition) is 1. The summed E-state index contributed by atoms with van der Waals surface area (Å²) in [5.41, 5.74) is 2.28. The second kappa shape index (κ2) is 6.93. The first-order valence-corrected chi connectivity index (χ1v) is 8.08. The summed E-state index contributed by atoms with van der Waals surface area (Å²) in [4.78, 5) is 0. The first kappa shape index (κ1) is 15.8. The van der Waals surface area contributed by atoms with Crippen molar-refractivity contribution < 1.29 is 4.74 Å². The summed E-state index contributed by atoms with van der Waals surface area (Å²) in [6.45, 7) is 4.89. The molecule has 1 N–H and O–H groups in total. The minimum atomic E-state index is -0.0830. The highest BCUT2D eigenvalue weighted by molar-refractivity contribution is 6.31. The molecule has 1 aromatic carbocycles. The molecule has 0 heterocycles. The lowest BCUT2D eigenvalue weighted by atomic mass is 9.76. The van der Waals surface area contributed by atoms with Crippen molar-refractivity contribution in [2.24, 2.45) is 0 Å². The average Bonchev–Trinajstić information content (AvgIpc) is 2.45. The normalized spacial score (nSPS) is 19.8. The van der Waals surface area contributed by atoms with E-state index in [9.17, 15) is 0 Å². The van der Waals surface area contributed by atoms with Gasteiger partial charge in [-0.05, 0) is 50.9 Å². The number of ether oxygens (including phenoxy) is 1. The molecule has 0 radical (unpaired) electrons. The van der Waals surface area contributed by atoms with Gasteiger partial charge in [-0.1, -0.05) is 43.0 Å². The Balaban J connectivity index is 2.34. The van der Waals surface area contributed by atoms with Crippen LogP contribution in [0, 0.1) is 6.92 Å². The number of rotatable bonds is 5. The third-order valence-corrected chi connectivity index (χ3v) is 4.88. The van der Waals surface area contributed by atoms with Gasteiger partial charge in [0.1, 0.15) is 0 Å². The van der Waals surface area contributed by atoms with Crippen molar-refractivity contribution in [1.29, 1.82) is 0 Å². The lowest BCUT2D eigenvalue weighted by Crippen LogP contribution is -2.46. The third-order valence-electron chi connectivity index (χ3n) is 4.48. The molecule has 1 aliphatic carbocycles. The van der Waals surface area contributed by atoms with Gasteiger partial charge < -0.3 is 10.1 Å². The predicted octanol–water partition coefficient (Wildman–Crippen LogP) is 4.65. The van der Waals surface area contributed by atoms with Gasteiger partial charge in [0, 0.05) is 11.6 Å². The Morgan fingerprint density at radius 3 is 2.55 bits per heavy atom. The summed E-state index contributed by atoms with van der Waals surface area (Å²) in [5, 5.41) is 4.31. The number of nitrogens with one attached hydrogen (secondary N) is 1. The highest BCUT2D eigenvalue weighted by Crippen LogP contribution is 2.42. The van der Waals surface area contributed by atoms with Crippen LogP contribution in [0.15, 0.2) is 18.2 Å². The van der Waals surface area contributed by atoms with Crippen LogP contribution >= 0.6 is 11.6 Å². The van der Waals surface area contributed by atoms with E-state index in [2.05, 4.69) is 30.4 Å². The molecule has 1 aliphatic rings. The van der Waals surface area contributed by atoms with Crippen LogP contribution in [0.25, 0.3) is 0 Å². The minimum absolute atomic E-state index is 0.0830. The van der Waals surface area contributed by atoms with E-state index in [-0.39, 0.29) is 11.6 Å². The zero-order valence-corrected chi connectivity index (χ0v) is 13.6. The Morgan fingerprint density at radius 2 is 2.00 bits per heavy atom. The van der Waals surface area contributed by atoms with E-state index in [4.69, 9.17) is 16.3 Å². The molecule has 112 valence electrons. The van der Waals surface area contributed by atoms with E-state index in [1.807, 2.05) is 14.0 Å². The molecular weight excluding hydrogens is 270 g/mol. The van der Waals surface area contributed by atoms with Gasteiger partial charge in [0.2, 0.25) is 0 Å². The van der Waals surface area contributed by atoms with Gasteiger partial charge in [0.25, 0.3) is 0 Å². The summed E-state index contributed by atoms with van der Waals surface area (Å²) in [6.07, 6.45) is 6.06. The Kier molecular flexibility index (Phi) is 5.48. The van der Waals surface area contributed by atoms with Crippen LogP contribution < -0.4 is 5.32 Å². The molecule has 20 heavy (non-hydrogen) atoms. The number of halogens is 1.